The number of nitriles is 1. The Morgan fingerprint density at radius 1 is 1.37 bits per heavy atom. The fourth-order valence-electron chi connectivity index (χ4n) is 1.48. The second-order valence-electron chi connectivity index (χ2n) is 5.09. The van der Waals surface area contributed by atoms with Gasteiger partial charge in [-0.3, -0.25) is 0 Å². The summed E-state index contributed by atoms with van der Waals surface area (Å²) in [5.41, 5.74) is -1.39. The Hall–Kier alpha value is -1.97. The van der Waals surface area contributed by atoms with Crippen molar-refractivity contribution in [3.63, 3.8) is 0 Å². The zero-order chi connectivity index (χ0) is 14.8. The number of carbonyl (C=O) groups excluding carboxylic acids is 1. The van der Waals surface area contributed by atoms with Gasteiger partial charge < -0.3 is 9.72 Å². The number of carbonyl (C=O) groups is 1. The summed E-state index contributed by atoms with van der Waals surface area (Å²) >= 11 is 0. The molecule has 1 unspecified atom stereocenters. The third kappa shape index (κ3) is 3.74. The summed E-state index contributed by atoms with van der Waals surface area (Å²) in [4.78, 5) is 14.0. The summed E-state index contributed by atoms with van der Waals surface area (Å²) in [5.74, 6) is -1.14. The van der Waals surface area contributed by atoms with Gasteiger partial charge in [-0.05, 0) is 12.1 Å². The van der Waals surface area contributed by atoms with Gasteiger partial charge in [-0.1, -0.05) is 20.8 Å². The molecule has 4 nitrogen and oxygen atoms in total. The van der Waals surface area contributed by atoms with Crippen LogP contribution in [-0.2, 0) is 4.74 Å². The smallest absolute Gasteiger partial charge is 0.426 e. The minimum atomic E-state index is -4.65. The Kier molecular flexibility index (Phi) is 3.94. The second kappa shape index (κ2) is 4.96. The van der Waals surface area contributed by atoms with Crippen molar-refractivity contribution in [3.05, 3.63) is 23.5 Å². The molecule has 1 heterocycles. The summed E-state index contributed by atoms with van der Waals surface area (Å²) < 4.78 is 43.0. The van der Waals surface area contributed by atoms with Gasteiger partial charge in [-0.25, -0.2) is 4.79 Å². The van der Waals surface area contributed by atoms with Crippen LogP contribution in [0.4, 0.5) is 13.2 Å². The van der Waals surface area contributed by atoms with Gasteiger partial charge in [0.2, 0.25) is 6.10 Å². The molecule has 0 saturated carbocycles. The molecular weight excluding hydrogens is 261 g/mol. The predicted molar refractivity (Wildman–Crippen MR) is 60.2 cm³/mol. The van der Waals surface area contributed by atoms with Crippen molar-refractivity contribution in [1.82, 2.24) is 4.98 Å². The minimum Gasteiger partial charge on any atom is -0.447 e. The van der Waals surface area contributed by atoms with E-state index in [0.29, 0.717) is 0 Å². The largest absolute Gasteiger partial charge is 0.447 e. The van der Waals surface area contributed by atoms with Crippen LogP contribution in [-0.4, -0.2) is 23.2 Å². The van der Waals surface area contributed by atoms with Gasteiger partial charge >= 0.3 is 12.1 Å². The van der Waals surface area contributed by atoms with Crippen molar-refractivity contribution in [2.75, 3.05) is 0 Å². The molecule has 0 amide bonds. The predicted octanol–water partition coefficient (Wildman–Crippen LogP) is 3.02. The highest BCUT2D eigenvalue weighted by atomic mass is 19.4. The van der Waals surface area contributed by atoms with Crippen LogP contribution >= 0.6 is 0 Å². The number of alkyl halides is 3. The average Bonchev–Trinajstić information content (AvgIpc) is 2.70. The Balaban J connectivity index is 2.92. The van der Waals surface area contributed by atoms with Gasteiger partial charge in [0, 0.05) is 5.41 Å². The molecule has 0 fully saturated rings. The number of aromatic nitrogens is 1. The van der Waals surface area contributed by atoms with E-state index in [0.717, 1.165) is 0 Å². The van der Waals surface area contributed by atoms with Crippen molar-refractivity contribution in [2.45, 2.75) is 33.1 Å². The van der Waals surface area contributed by atoms with Crippen LogP contribution in [0.5, 0.6) is 0 Å². The maximum atomic E-state index is 12.8. The first-order chi connectivity index (χ1) is 8.55. The molecule has 0 aliphatic carbocycles. The first-order valence-corrected chi connectivity index (χ1v) is 5.42. The molecule has 0 spiro atoms. The van der Waals surface area contributed by atoms with E-state index in [9.17, 15) is 18.0 Å². The lowest BCUT2D eigenvalue weighted by Gasteiger charge is -2.31. The van der Waals surface area contributed by atoms with Crippen LogP contribution in [0.1, 0.15) is 37.0 Å². The third-order valence-electron chi connectivity index (χ3n) is 2.34. The molecule has 0 saturated heterocycles. The third-order valence-corrected chi connectivity index (χ3v) is 2.34. The molecular formula is C12H13F3N2O2. The molecule has 1 aromatic heterocycles. The standard InChI is InChI=1S/C12H13F3N2O2/c1-11(2,3)10(12(13,14)15)19-9(18)8-5-4-7(6-16)17-8/h4-5,10,17H,1-3H3. The molecule has 0 aliphatic heterocycles. The minimum absolute atomic E-state index is 0.0752. The molecule has 1 atom stereocenters. The maximum absolute atomic E-state index is 12.8. The topological polar surface area (TPSA) is 65.9 Å². The van der Waals surface area contributed by atoms with Crippen molar-refractivity contribution in [2.24, 2.45) is 5.41 Å². The fourth-order valence-corrected chi connectivity index (χ4v) is 1.48. The van der Waals surface area contributed by atoms with Crippen LogP contribution < -0.4 is 0 Å². The highest BCUT2D eigenvalue weighted by Gasteiger charge is 2.50. The number of hydrogen-bond donors (Lipinski definition) is 1. The highest BCUT2D eigenvalue weighted by Crippen LogP contribution is 2.36. The van der Waals surface area contributed by atoms with Crippen molar-refractivity contribution < 1.29 is 22.7 Å². The number of H-pyrrole nitrogens is 1. The van der Waals surface area contributed by atoms with E-state index in [1.807, 2.05) is 0 Å². The lowest BCUT2D eigenvalue weighted by Crippen LogP contribution is -2.43. The van der Waals surface area contributed by atoms with Crippen LogP contribution in [0, 0.1) is 16.7 Å². The van der Waals surface area contributed by atoms with Gasteiger partial charge in [-0.15, -0.1) is 0 Å². The summed E-state index contributed by atoms with van der Waals surface area (Å²) in [7, 11) is 0. The Labute approximate surface area is 108 Å². The first kappa shape index (κ1) is 15.1. The highest BCUT2D eigenvalue weighted by molar-refractivity contribution is 5.87. The quantitative estimate of drug-likeness (QED) is 0.843. The van der Waals surface area contributed by atoms with Crippen LogP contribution in [0.3, 0.4) is 0 Å². The number of esters is 1. The van der Waals surface area contributed by atoms with Crippen molar-refractivity contribution in [3.8, 4) is 6.07 Å². The summed E-state index contributed by atoms with van der Waals surface area (Å²) in [6.45, 7) is 3.98. The van der Waals surface area contributed by atoms with Crippen LogP contribution in [0.2, 0.25) is 0 Å². The number of ether oxygens (including phenoxy) is 1. The Morgan fingerprint density at radius 3 is 2.32 bits per heavy atom. The number of hydrogen-bond acceptors (Lipinski definition) is 3. The first-order valence-electron chi connectivity index (χ1n) is 5.42. The maximum Gasteiger partial charge on any atom is 0.426 e. The van der Waals surface area contributed by atoms with Gasteiger partial charge in [-0.2, -0.15) is 18.4 Å². The molecule has 19 heavy (non-hydrogen) atoms. The monoisotopic (exact) mass is 274 g/mol. The van der Waals surface area contributed by atoms with Gasteiger partial charge in [0.1, 0.15) is 17.5 Å². The Bertz CT molecular complexity index is 492. The van der Waals surface area contributed by atoms with E-state index in [2.05, 4.69) is 9.72 Å². The summed E-state index contributed by atoms with van der Waals surface area (Å²) in [5, 5.41) is 8.56. The summed E-state index contributed by atoms with van der Waals surface area (Å²) in [6.07, 6.45) is -6.88. The molecule has 1 N–H and O–H groups in total. The van der Waals surface area contributed by atoms with Gasteiger partial charge in [0.05, 0.1) is 0 Å². The van der Waals surface area contributed by atoms with Crippen LogP contribution in [0.15, 0.2) is 12.1 Å². The SMILES string of the molecule is CC(C)(C)C(OC(=O)c1ccc(C#N)[nH]1)C(F)(F)F. The van der Waals surface area contributed by atoms with Crippen molar-refractivity contribution >= 4 is 5.97 Å². The van der Waals surface area contributed by atoms with Gasteiger partial charge in [0.15, 0.2) is 0 Å². The zero-order valence-electron chi connectivity index (χ0n) is 10.6. The number of nitrogens with one attached hydrogen (secondary N) is 1. The lowest BCUT2D eigenvalue weighted by molar-refractivity contribution is -0.231. The molecule has 0 radical (unpaired) electrons. The summed E-state index contributed by atoms with van der Waals surface area (Å²) in [6, 6.07) is 4.22. The van der Waals surface area contributed by atoms with E-state index < -0.39 is 23.7 Å². The molecule has 1 rings (SSSR count). The number of nitrogens with zero attached hydrogens (tertiary/aromatic N) is 1. The van der Waals surface area contributed by atoms with E-state index in [1.165, 1.54) is 32.9 Å². The van der Waals surface area contributed by atoms with E-state index in [-0.39, 0.29) is 11.4 Å². The molecule has 0 aromatic carbocycles. The number of aromatic amines is 1. The van der Waals surface area contributed by atoms with E-state index in [4.69, 9.17) is 5.26 Å². The molecule has 104 valence electrons. The average molecular weight is 274 g/mol. The molecule has 7 heteroatoms. The Morgan fingerprint density at radius 2 is 1.95 bits per heavy atom. The molecule has 1 aromatic rings. The van der Waals surface area contributed by atoms with Crippen LogP contribution in [0.25, 0.3) is 0 Å². The fraction of sp³-hybridized carbons (Fsp3) is 0.500. The number of halogens is 3. The van der Waals surface area contributed by atoms with E-state index >= 15 is 0 Å². The molecule has 0 aliphatic rings. The number of rotatable bonds is 2. The van der Waals surface area contributed by atoms with Crippen molar-refractivity contribution in [1.29, 1.82) is 5.26 Å². The van der Waals surface area contributed by atoms with Gasteiger partial charge in [0.25, 0.3) is 0 Å². The van der Waals surface area contributed by atoms with E-state index in [1.54, 1.807) is 6.07 Å². The molecule has 0 bridgehead atoms. The normalized spacial score (nSPS) is 13.7. The zero-order valence-corrected chi connectivity index (χ0v) is 10.6. The lowest BCUT2D eigenvalue weighted by atomic mass is 9.88. The second-order valence-corrected chi connectivity index (χ2v) is 5.09.